The van der Waals surface area contributed by atoms with Crippen LogP contribution in [0, 0.1) is 5.82 Å². The van der Waals surface area contributed by atoms with Crippen molar-refractivity contribution in [3.05, 3.63) is 76.8 Å². The van der Waals surface area contributed by atoms with Crippen LogP contribution in [0.1, 0.15) is 35.3 Å². The van der Waals surface area contributed by atoms with Crippen molar-refractivity contribution in [2.45, 2.75) is 25.6 Å². The number of hydrogen-bond acceptors (Lipinski definition) is 5. The van der Waals surface area contributed by atoms with E-state index < -0.39 is 11.4 Å². The molecule has 3 heterocycles. The molecule has 0 aromatic heterocycles. The van der Waals surface area contributed by atoms with E-state index >= 15 is 0 Å². The van der Waals surface area contributed by atoms with Gasteiger partial charge in [0.15, 0.2) is 0 Å². The number of rotatable bonds is 3. The number of aliphatic hydroxyl groups is 1. The second kappa shape index (κ2) is 8.38. The number of hydrogen-bond donors (Lipinski definition) is 2. The number of allylic oxidation sites excluding steroid dienone is 1. The molecule has 2 N–H and O–H groups in total. The second-order valence-electron chi connectivity index (χ2n) is 9.06. The Bertz CT molecular complexity index is 1230. The lowest BCUT2D eigenvalue weighted by molar-refractivity contribution is -0.111. The number of fused-ring (bicyclic) bond motifs is 1. The summed E-state index contributed by atoms with van der Waals surface area (Å²) in [6, 6.07) is 11.4. The van der Waals surface area contributed by atoms with Gasteiger partial charge in [0.05, 0.1) is 30.6 Å². The van der Waals surface area contributed by atoms with Crippen molar-refractivity contribution in [2.24, 2.45) is 0 Å². The molecule has 2 aromatic carbocycles. The van der Waals surface area contributed by atoms with Gasteiger partial charge in [0.2, 0.25) is 0 Å². The number of aliphatic hydroxyl groups excluding tert-OH is 1. The normalized spacial score (nSPS) is 23.3. The van der Waals surface area contributed by atoms with Crippen LogP contribution in [0.3, 0.4) is 0 Å². The number of benzene rings is 2. The van der Waals surface area contributed by atoms with Gasteiger partial charge in [-0.2, -0.15) is 0 Å². The molecule has 8 heteroatoms. The van der Waals surface area contributed by atoms with E-state index in [4.69, 9.17) is 9.47 Å². The van der Waals surface area contributed by atoms with Gasteiger partial charge in [0.1, 0.15) is 17.2 Å². The maximum atomic E-state index is 13.6. The third-order valence-electron chi connectivity index (χ3n) is 6.33. The molecule has 3 aliphatic rings. The fourth-order valence-electron chi connectivity index (χ4n) is 4.60. The highest BCUT2D eigenvalue weighted by atomic mass is 19.1. The Balaban J connectivity index is 1.44. The molecule has 7 nitrogen and oxygen atoms in total. The summed E-state index contributed by atoms with van der Waals surface area (Å²) in [5.41, 5.74) is 2.96. The first kappa shape index (κ1) is 22.3. The van der Waals surface area contributed by atoms with Crippen molar-refractivity contribution in [2.75, 3.05) is 31.6 Å². The zero-order valence-corrected chi connectivity index (χ0v) is 18.9. The van der Waals surface area contributed by atoms with Crippen molar-refractivity contribution in [3.8, 4) is 0 Å². The van der Waals surface area contributed by atoms with E-state index in [-0.39, 0.29) is 24.5 Å². The van der Waals surface area contributed by atoms with Crippen molar-refractivity contribution in [1.29, 1.82) is 0 Å². The monoisotopic (exact) mass is 464 g/mol. The number of halogens is 1. The molecule has 176 valence electrons. The van der Waals surface area contributed by atoms with Crippen molar-refractivity contribution >= 4 is 28.6 Å². The zero-order valence-electron chi connectivity index (χ0n) is 18.9. The average molecular weight is 464 g/mol. The molecule has 2 amide bonds. The van der Waals surface area contributed by atoms with Crippen LogP contribution in [0.25, 0.3) is 11.1 Å². The minimum absolute atomic E-state index is 0.113. The Labute approximate surface area is 196 Å². The summed E-state index contributed by atoms with van der Waals surface area (Å²) < 4.78 is 25.2. The van der Waals surface area contributed by atoms with Gasteiger partial charge in [-0.1, -0.05) is 12.1 Å². The molecule has 34 heavy (non-hydrogen) atoms. The van der Waals surface area contributed by atoms with Gasteiger partial charge in [-0.15, -0.1) is 0 Å². The van der Waals surface area contributed by atoms with Crippen molar-refractivity contribution < 1.29 is 28.6 Å². The maximum Gasteiger partial charge on any atom is 0.260 e. The average Bonchev–Trinajstić information content (AvgIpc) is 3.32. The van der Waals surface area contributed by atoms with Crippen LogP contribution in [-0.4, -0.2) is 59.8 Å². The SMILES string of the molecule is CC1(C)OC(=C2C(=O)Nc3cc(F)ccc32)C=C1c1ccc(C(=O)N2CCOC(CO)C2)cc1. The maximum absolute atomic E-state index is 13.6. The van der Waals surface area contributed by atoms with Crippen LogP contribution in [0.2, 0.25) is 0 Å². The smallest absolute Gasteiger partial charge is 0.260 e. The molecular formula is C26H25FN2O5. The molecule has 0 aliphatic carbocycles. The molecule has 1 saturated heterocycles. The Morgan fingerprint density at radius 3 is 2.74 bits per heavy atom. The highest BCUT2D eigenvalue weighted by molar-refractivity contribution is 6.32. The van der Waals surface area contributed by atoms with Crippen LogP contribution in [0.15, 0.2) is 54.3 Å². The molecule has 3 aliphatic heterocycles. The third-order valence-corrected chi connectivity index (χ3v) is 6.33. The molecule has 1 atom stereocenters. The van der Waals surface area contributed by atoms with E-state index in [9.17, 15) is 19.1 Å². The number of anilines is 1. The molecule has 5 rings (SSSR count). The summed E-state index contributed by atoms with van der Waals surface area (Å²) in [6.07, 6.45) is 1.47. The molecule has 0 spiro atoms. The van der Waals surface area contributed by atoms with Crippen LogP contribution >= 0.6 is 0 Å². The predicted molar refractivity (Wildman–Crippen MR) is 124 cm³/mol. The van der Waals surface area contributed by atoms with E-state index in [1.54, 1.807) is 23.1 Å². The minimum atomic E-state index is -0.713. The number of nitrogens with one attached hydrogen (secondary N) is 1. The summed E-state index contributed by atoms with van der Waals surface area (Å²) in [6.45, 7) is 4.93. The molecule has 2 aromatic rings. The first-order valence-electron chi connectivity index (χ1n) is 11.2. The van der Waals surface area contributed by atoms with Gasteiger partial charge in [0.25, 0.3) is 11.8 Å². The van der Waals surface area contributed by atoms with E-state index in [1.807, 2.05) is 32.1 Å². The fraction of sp³-hybridized carbons (Fsp3) is 0.308. The van der Waals surface area contributed by atoms with Gasteiger partial charge >= 0.3 is 0 Å². The summed E-state index contributed by atoms with van der Waals surface area (Å²) in [5.74, 6) is -0.450. The summed E-state index contributed by atoms with van der Waals surface area (Å²) in [5, 5.41) is 12.0. The van der Waals surface area contributed by atoms with Gasteiger partial charge in [-0.05, 0) is 55.8 Å². The summed E-state index contributed by atoms with van der Waals surface area (Å²) in [4.78, 5) is 27.2. The molecule has 1 unspecified atom stereocenters. The standard InChI is InChI=1S/C26H25FN2O5/c1-26(2)20(12-22(34-26)23-19-8-7-17(27)11-21(19)28-24(23)31)15-3-5-16(6-4-15)25(32)29-9-10-33-18(13-29)14-30/h3-8,11-12,18,30H,9-10,13-14H2,1-2H3,(H,28,31). The number of carbonyl (C=O) groups excluding carboxylic acids is 2. The lowest BCUT2D eigenvalue weighted by Gasteiger charge is -2.32. The Morgan fingerprint density at radius 2 is 2.00 bits per heavy atom. The van der Waals surface area contributed by atoms with Gasteiger partial charge in [0, 0.05) is 29.8 Å². The van der Waals surface area contributed by atoms with Crippen LogP contribution in [0.4, 0.5) is 10.1 Å². The largest absolute Gasteiger partial charge is 0.482 e. The Hall–Kier alpha value is -3.49. The number of morpholine rings is 1. The fourth-order valence-corrected chi connectivity index (χ4v) is 4.60. The number of nitrogens with zero attached hydrogens (tertiary/aromatic N) is 1. The van der Waals surface area contributed by atoms with E-state index in [0.29, 0.717) is 47.8 Å². The third kappa shape index (κ3) is 3.89. The number of carbonyl (C=O) groups is 2. The van der Waals surface area contributed by atoms with Crippen molar-refractivity contribution in [3.63, 3.8) is 0 Å². The predicted octanol–water partition coefficient (Wildman–Crippen LogP) is 3.21. The molecule has 0 saturated carbocycles. The lowest BCUT2D eigenvalue weighted by atomic mass is 9.91. The Morgan fingerprint density at radius 1 is 1.24 bits per heavy atom. The zero-order chi connectivity index (χ0) is 24.0. The second-order valence-corrected chi connectivity index (χ2v) is 9.06. The number of amides is 2. The molecular weight excluding hydrogens is 439 g/mol. The Kier molecular flexibility index (Phi) is 5.50. The van der Waals surface area contributed by atoms with Crippen LogP contribution < -0.4 is 5.32 Å². The first-order valence-corrected chi connectivity index (χ1v) is 11.2. The van der Waals surface area contributed by atoms with Crippen LogP contribution in [0.5, 0.6) is 0 Å². The van der Waals surface area contributed by atoms with E-state index in [1.165, 1.54) is 12.1 Å². The lowest BCUT2D eigenvalue weighted by Crippen LogP contribution is -2.46. The quantitative estimate of drug-likeness (QED) is 0.681. The van der Waals surface area contributed by atoms with Crippen LogP contribution in [-0.2, 0) is 14.3 Å². The van der Waals surface area contributed by atoms with E-state index in [0.717, 1.165) is 11.1 Å². The molecule has 0 bridgehead atoms. The van der Waals surface area contributed by atoms with E-state index in [2.05, 4.69) is 5.32 Å². The topological polar surface area (TPSA) is 88.1 Å². The minimum Gasteiger partial charge on any atom is -0.482 e. The molecule has 1 fully saturated rings. The van der Waals surface area contributed by atoms with Crippen molar-refractivity contribution in [1.82, 2.24) is 4.90 Å². The van der Waals surface area contributed by atoms with Gasteiger partial charge < -0.3 is 24.8 Å². The van der Waals surface area contributed by atoms with Gasteiger partial charge in [-0.3, -0.25) is 9.59 Å². The first-order chi connectivity index (χ1) is 16.3. The highest BCUT2D eigenvalue weighted by Crippen LogP contribution is 2.44. The summed E-state index contributed by atoms with van der Waals surface area (Å²) >= 11 is 0. The highest BCUT2D eigenvalue weighted by Gasteiger charge is 2.38. The number of ether oxygens (including phenoxy) is 2. The van der Waals surface area contributed by atoms with Gasteiger partial charge in [-0.25, -0.2) is 4.39 Å². The molecule has 0 radical (unpaired) electrons. The summed E-state index contributed by atoms with van der Waals surface area (Å²) in [7, 11) is 0.